The quantitative estimate of drug-likeness (QED) is 0.509. The van der Waals surface area contributed by atoms with Crippen LogP contribution in [0, 0.1) is 0 Å². The minimum atomic E-state index is -1.32. The van der Waals surface area contributed by atoms with E-state index in [1.165, 1.54) is 6.08 Å². The molecule has 78 valence electrons. The number of esters is 1. The second kappa shape index (κ2) is 4.39. The van der Waals surface area contributed by atoms with Crippen LogP contribution in [0.3, 0.4) is 0 Å². The second-order valence-electron chi connectivity index (χ2n) is 3.33. The summed E-state index contributed by atoms with van der Waals surface area (Å²) in [5, 5.41) is 9.49. The second-order valence-corrected chi connectivity index (χ2v) is 3.33. The fourth-order valence-electron chi connectivity index (χ4n) is 1.35. The first-order valence-electron chi connectivity index (χ1n) is 4.57. The van der Waals surface area contributed by atoms with Gasteiger partial charge in [-0.15, -0.1) is 0 Å². The largest absolute Gasteiger partial charge is 0.466 e. The zero-order chi connectivity index (χ0) is 10.6. The summed E-state index contributed by atoms with van der Waals surface area (Å²) in [4.78, 5) is 11.1. The molecule has 0 saturated carbocycles. The Bertz CT molecular complexity index is 279. The van der Waals surface area contributed by atoms with Gasteiger partial charge in [-0.2, -0.15) is 0 Å². The maximum Gasteiger partial charge on any atom is 0.309 e. The van der Waals surface area contributed by atoms with Crippen molar-refractivity contribution in [3.05, 3.63) is 23.8 Å². The van der Waals surface area contributed by atoms with Gasteiger partial charge >= 0.3 is 5.97 Å². The summed E-state index contributed by atoms with van der Waals surface area (Å²) in [6.45, 7) is 2.13. The molecular formula is C10H15NO3. The Balaban J connectivity index is 2.51. The van der Waals surface area contributed by atoms with Gasteiger partial charge in [0.15, 0.2) is 0 Å². The molecule has 4 heteroatoms. The third-order valence-corrected chi connectivity index (χ3v) is 1.90. The molecule has 0 amide bonds. The summed E-state index contributed by atoms with van der Waals surface area (Å²) in [5.41, 5.74) is 4.96. The predicted octanol–water partition coefficient (Wildman–Crippen LogP) is 0.473. The Morgan fingerprint density at radius 1 is 1.79 bits per heavy atom. The van der Waals surface area contributed by atoms with Crippen molar-refractivity contribution in [2.75, 3.05) is 6.61 Å². The van der Waals surface area contributed by atoms with Gasteiger partial charge in [0, 0.05) is 6.42 Å². The molecule has 3 N–H and O–H groups in total. The SMILES string of the molecule is CCOC(=O)CC1=CC=CC(N)(O)C1. The van der Waals surface area contributed by atoms with Crippen LogP contribution in [0.4, 0.5) is 0 Å². The van der Waals surface area contributed by atoms with Crippen molar-refractivity contribution in [3.63, 3.8) is 0 Å². The van der Waals surface area contributed by atoms with Crippen molar-refractivity contribution in [1.29, 1.82) is 0 Å². The molecule has 4 nitrogen and oxygen atoms in total. The van der Waals surface area contributed by atoms with Gasteiger partial charge in [-0.05, 0) is 13.0 Å². The Hall–Kier alpha value is -1.13. The summed E-state index contributed by atoms with van der Waals surface area (Å²) in [5.74, 6) is -0.287. The highest BCUT2D eigenvalue weighted by Crippen LogP contribution is 2.21. The molecule has 0 radical (unpaired) electrons. The lowest BCUT2D eigenvalue weighted by Crippen LogP contribution is -2.38. The molecule has 1 atom stereocenters. The van der Waals surface area contributed by atoms with Crippen molar-refractivity contribution in [2.45, 2.75) is 25.5 Å². The highest BCUT2D eigenvalue weighted by atomic mass is 16.5. The summed E-state index contributed by atoms with van der Waals surface area (Å²) in [6, 6.07) is 0. The first-order valence-corrected chi connectivity index (χ1v) is 4.57. The van der Waals surface area contributed by atoms with Gasteiger partial charge in [-0.3, -0.25) is 4.79 Å². The van der Waals surface area contributed by atoms with Crippen molar-refractivity contribution in [2.24, 2.45) is 5.73 Å². The van der Waals surface area contributed by atoms with Gasteiger partial charge in [-0.25, -0.2) is 0 Å². The first kappa shape index (κ1) is 10.9. The third kappa shape index (κ3) is 3.32. The minimum absolute atomic E-state index is 0.192. The number of hydrogen-bond donors (Lipinski definition) is 2. The van der Waals surface area contributed by atoms with Gasteiger partial charge in [0.2, 0.25) is 0 Å². The molecule has 0 saturated heterocycles. The number of ether oxygens (including phenoxy) is 1. The van der Waals surface area contributed by atoms with Gasteiger partial charge in [0.1, 0.15) is 5.72 Å². The molecule has 0 aliphatic heterocycles. The lowest BCUT2D eigenvalue weighted by Gasteiger charge is -2.23. The number of carbonyl (C=O) groups excluding carboxylic acids is 1. The molecule has 0 spiro atoms. The van der Waals surface area contributed by atoms with Crippen LogP contribution in [0.1, 0.15) is 19.8 Å². The minimum Gasteiger partial charge on any atom is -0.466 e. The fourth-order valence-corrected chi connectivity index (χ4v) is 1.35. The topological polar surface area (TPSA) is 72.5 Å². The van der Waals surface area contributed by atoms with Crippen molar-refractivity contribution in [3.8, 4) is 0 Å². The van der Waals surface area contributed by atoms with Crippen LogP contribution in [0.5, 0.6) is 0 Å². The van der Waals surface area contributed by atoms with E-state index >= 15 is 0 Å². The lowest BCUT2D eigenvalue weighted by molar-refractivity contribution is -0.142. The molecular weight excluding hydrogens is 182 g/mol. The summed E-state index contributed by atoms with van der Waals surface area (Å²) in [7, 11) is 0. The van der Waals surface area contributed by atoms with Crippen LogP contribution in [0.2, 0.25) is 0 Å². The highest BCUT2D eigenvalue weighted by Gasteiger charge is 2.22. The zero-order valence-electron chi connectivity index (χ0n) is 8.19. The molecule has 1 rings (SSSR count). The Morgan fingerprint density at radius 3 is 3.07 bits per heavy atom. The number of carbonyl (C=O) groups is 1. The zero-order valence-corrected chi connectivity index (χ0v) is 8.19. The lowest BCUT2D eigenvalue weighted by atomic mass is 9.96. The van der Waals surface area contributed by atoms with Crippen molar-refractivity contribution in [1.82, 2.24) is 0 Å². The van der Waals surface area contributed by atoms with Crippen LogP contribution < -0.4 is 5.73 Å². The average molecular weight is 197 g/mol. The van der Waals surface area contributed by atoms with E-state index in [0.717, 1.165) is 5.57 Å². The summed E-state index contributed by atoms with van der Waals surface area (Å²) in [6.07, 6.45) is 5.40. The molecule has 14 heavy (non-hydrogen) atoms. The predicted molar refractivity (Wildman–Crippen MR) is 52.2 cm³/mol. The fraction of sp³-hybridized carbons (Fsp3) is 0.500. The van der Waals surface area contributed by atoms with Crippen LogP contribution in [-0.4, -0.2) is 23.4 Å². The standard InChI is InChI=1S/C10H15NO3/c1-2-14-9(12)6-8-4-3-5-10(11,13)7-8/h3-5,13H,2,6-7,11H2,1H3. The van der Waals surface area contributed by atoms with E-state index in [-0.39, 0.29) is 18.8 Å². The first-order chi connectivity index (χ1) is 6.53. The molecule has 1 aliphatic rings. The average Bonchev–Trinajstić information content (AvgIpc) is 2.02. The van der Waals surface area contributed by atoms with Gasteiger partial charge in [0.05, 0.1) is 13.0 Å². The third-order valence-electron chi connectivity index (χ3n) is 1.90. The molecule has 0 bridgehead atoms. The van der Waals surface area contributed by atoms with Crippen LogP contribution in [-0.2, 0) is 9.53 Å². The Kier molecular flexibility index (Phi) is 3.43. The molecule has 0 aromatic heterocycles. The molecule has 1 aliphatic carbocycles. The maximum absolute atomic E-state index is 11.1. The molecule has 1 unspecified atom stereocenters. The van der Waals surface area contributed by atoms with Crippen LogP contribution in [0.25, 0.3) is 0 Å². The summed E-state index contributed by atoms with van der Waals surface area (Å²) < 4.78 is 4.79. The molecule has 0 aromatic carbocycles. The van der Waals surface area contributed by atoms with Crippen LogP contribution in [0.15, 0.2) is 23.8 Å². The van der Waals surface area contributed by atoms with E-state index < -0.39 is 5.72 Å². The van der Waals surface area contributed by atoms with E-state index in [4.69, 9.17) is 10.5 Å². The van der Waals surface area contributed by atoms with E-state index in [1.807, 2.05) is 0 Å². The summed E-state index contributed by atoms with van der Waals surface area (Å²) >= 11 is 0. The molecule has 0 heterocycles. The number of aliphatic hydroxyl groups is 1. The Labute approximate surface area is 83.0 Å². The monoisotopic (exact) mass is 197 g/mol. The number of rotatable bonds is 3. The molecule has 0 fully saturated rings. The van der Waals surface area contributed by atoms with E-state index in [1.54, 1.807) is 19.1 Å². The smallest absolute Gasteiger partial charge is 0.309 e. The van der Waals surface area contributed by atoms with E-state index in [0.29, 0.717) is 6.61 Å². The van der Waals surface area contributed by atoms with E-state index in [2.05, 4.69) is 0 Å². The van der Waals surface area contributed by atoms with Crippen LogP contribution >= 0.6 is 0 Å². The number of hydrogen-bond acceptors (Lipinski definition) is 4. The van der Waals surface area contributed by atoms with Gasteiger partial charge < -0.3 is 15.6 Å². The normalized spacial score (nSPS) is 25.8. The van der Waals surface area contributed by atoms with Crippen molar-refractivity contribution < 1.29 is 14.6 Å². The highest BCUT2D eigenvalue weighted by molar-refractivity contribution is 5.72. The Morgan fingerprint density at radius 2 is 2.50 bits per heavy atom. The van der Waals surface area contributed by atoms with Gasteiger partial charge in [0.25, 0.3) is 0 Å². The van der Waals surface area contributed by atoms with Crippen molar-refractivity contribution >= 4 is 5.97 Å². The van der Waals surface area contributed by atoms with Gasteiger partial charge in [-0.1, -0.05) is 17.7 Å². The van der Waals surface area contributed by atoms with E-state index in [9.17, 15) is 9.90 Å². The number of allylic oxidation sites excluding steroid dienone is 2. The maximum atomic E-state index is 11.1. The molecule has 0 aromatic rings. The number of nitrogens with two attached hydrogens (primary N) is 1.